The fraction of sp³-hybridized carbons (Fsp3) is 0.368. The summed E-state index contributed by atoms with van der Waals surface area (Å²) in [6.07, 6.45) is 4.80. The van der Waals surface area contributed by atoms with Gasteiger partial charge in [-0.3, -0.25) is 0 Å². The highest BCUT2D eigenvalue weighted by Gasteiger charge is 2.34. The highest BCUT2D eigenvalue weighted by atomic mass is 19.1. The first-order valence-electron chi connectivity index (χ1n) is 7.88. The molecule has 1 unspecified atom stereocenters. The van der Waals surface area contributed by atoms with Gasteiger partial charge in [-0.1, -0.05) is 36.4 Å². The fourth-order valence-corrected chi connectivity index (χ4v) is 3.53. The van der Waals surface area contributed by atoms with Crippen molar-refractivity contribution in [2.75, 3.05) is 0 Å². The second kappa shape index (κ2) is 5.27. The molecule has 0 bridgehead atoms. The predicted octanol–water partition coefficient (Wildman–Crippen LogP) is 4.03. The van der Waals surface area contributed by atoms with Crippen LogP contribution in [-0.2, 0) is 12.8 Å². The highest BCUT2D eigenvalue weighted by Crippen LogP contribution is 2.42. The van der Waals surface area contributed by atoms with Crippen molar-refractivity contribution in [3.05, 3.63) is 71.0 Å². The van der Waals surface area contributed by atoms with E-state index in [1.165, 1.54) is 29.5 Å². The van der Waals surface area contributed by atoms with Gasteiger partial charge in [0.05, 0.1) is 0 Å². The third-order valence-corrected chi connectivity index (χ3v) is 4.79. The number of fused-ring (bicyclic) bond motifs is 1. The van der Waals surface area contributed by atoms with Crippen molar-refractivity contribution in [3.63, 3.8) is 0 Å². The molecular weight excluding hydrogens is 261 g/mol. The van der Waals surface area contributed by atoms with Crippen molar-refractivity contribution in [2.24, 2.45) is 5.92 Å². The maximum absolute atomic E-state index is 13.1. The van der Waals surface area contributed by atoms with Gasteiger partial charge in [0.1, 0.15) is 5.82 Å². The molecule has 0 aliphatic heterocycles. The molecule has 0 amide bonds. The normalized spacial score (nSPS) is 19.5. The summed E-state index contributed by atoms with van der Waals surface area (Å²) in [6, 6.07) is 16.6. The second-order valence-corrected chi connectivity index (χ2v) is 6.41. The van der Waals surface area contributed by atoms with Crippen molar-refractivity contribution in [1.82, 2.24) is 5.32 Å². The first-order valence-corrected chi connectivity index (χ1v) is 7.88. The Morgan fingerprint density at radius 3 is 2.10 bits per heavy atom. The standard InChI is InChI=1S/C19H20FN/c20-17-9-7-14(8-10-17)19(13-5-6-13)21-18-11-15-3-1-2-4-16(15)12-18/h1-4,7-10,13,18-19,21H,5-6,11-12H2. The van der Waals surface area contributed by atoms with E-state index in [9.17, 15) is 4.39 Å². The smallest absolute Gasteiger partial charge is 0.123 e. The largest absolute Gasteiger partial charge is 0.306 e. The summed E-state index contributed by atoms with van der Waals surface area (Å²) in [5.41, 5.74) is 4.18. The van der Waals surface area contributed by atoms with Crippen LogP contribution in [0.3, 0.4) is 0 Å². The Morgan fingerprint density at radius 2 is 1.52 bits per heavy atom. The van der Waals surface area contributed by atoms with Gasteiger partial charge in [-0.15, -0.1) is 0 Å². The molecule has 1 saturated carbocycles. The molecule has 4 rings (SSSR count). The molecule has 2 heteroatoms. The van der Waals surface area contributed by atoms with Crippen LogP contribution < -0.4 is 5.32 Å². The molecular formula is C19H20FN. The van der Waals surface area contributed by atoms with Gasteiger partial charge >= 0.3 is 0 Å². The fourth-order valence-electron chi connectivity index (χ4n) is 3.53. The van der Waals surface area contributed by atoms with Crippen LogP contribution in [0.15, 0.2) is 48.5 Å². The molecule has 0 heterocycles. The Morgan fingerprint density at radius 1 is 0.905 bits per heavy atom. The van der Waals surface area contributed by atoms with Crippen molar-refractivity contribution in [1.29, 1.82) is 0 Å². The van der Waals surface area contributed by atoms with E-state index in [1.807, 2.05) is 12.1 Å². The van der Waals surface area contributed by atoms with Crippen LogP contribution in [0.1, 0.15) is 35.6 Å². The second-order valence-electron chi connectivity index (χ2n) is 6.41. The Bertz CT molecular complexity index is 605. The SMILES string of the molecule is Fc1ccc(C(NC2Cc3ccccc3C2)C2CC2)cc1. The number of hydrogen-bond acceptors (Lipinski definition) is 1. The summed E-state index contributed by atoms with van der Waals surface area (Å²) in [5, 5.41) is 3.84. The molecule has 108 valence electrons. The molecule has 0 aromatic heterocycles. The maximum atomic E-state index is 13.1. The summed E-state index contributed by atoms with van der Waals surface area (Å²) in [4.78, 5) is 0. The first kappa shape index (κ1) is 13.0. The van der Waals surface area contributed by atoms with E-state index >= 15 is 0 Å². The zero-order chi connectivity index (χ0) is 14.2. The van der Waals surface area contributed by atoms with Gasteiger partial charge in [0.15, 0.2) is 0 Å². The van der Waals surface area contributed by atoms with E-state index in [4.69, 9.17) is 0 Å². The number of hydrogen-bond donors (Lipinski definition) is 1. The average Bonchev–Trinajstić information content (AvgIpc) is 3.25. The lowest BCUT2D eigenvalue weighted by atomic mass is 10.0. The molecule has 2 aliphatic rings. The zero-order valence-electron chi connectivity index (χ0n) is 12.1. The molecule has 2 aromatic carbocycles. The average molecular weight is 281 g/mol. The summed E-state index contributed by atoms with van der Waals surface area (Å²) in [5.74, 6) is 0.570. The Kier molecular flexibility index (Phi) is 3.27. The third kappa shape index (κ3) is 2.73. The molecule has 2 aromatic rings. The van der Waals surface area contributed by atoms with Crippen molar-refractivity contribution in [2.45, 2.75) is 37.8 Å². The lowest BCUT2D eigenvalue weighted by Crippen LogP contribution is -2.34. The van der Waals surface area contributed by atoms with Gasteiger partial charge in [0.2, 0.25) is 0 Å². The third-order valence-electron chi connectivity index (χ3n) is 4.79. The number of halogens is 1. The summed E-state index contributed by atoms with van der Waals surface area (Å²) >= 11 is 0. The zero-order valence-corrected chi connectivity index (χ0v) is 12.1. The van der Waals surface area contributed by atoms with Crippen LogP contribution in [0, 0.1) is 11.7 Å². The van der Waals surface area contributed by atoms with Crippen LogP contribution in [0.25, 0.3) is 0 Å². The van der Waals surface area contributed by atoms with E-state index in [1.54, 1.807) is 12.1 Å². The molecule has 0 saturated heterocycles. The van der Waals surface area contributed by atoms with Crippen LogP contribution >= 0.6 is 0 Å². The van der Waals surface area contributed by atoms with Crippen molar-refractivity contribution >= 4 is 0 Å². The lowest BCUT2D eigenvalue weighted by molar-refractivity contribution is 0.410. The summed E-state index contributed by atoms with van der Waals surface area (Å²) < 4.78 is 13.1. The molecule has 1 fully saturated rings. The molecule has 2 aliphatic carbocycles. The Labute approximate surface area is 125 Å². The van der Waals surface area contributed by atoms with E-state index in [-0.39, 0.29) is 5.82 Å². The van der Waals surface area contributed by atoms with E-state index < -0.39 is 0 Å². The van der Waals surface area contributed by atoms with E-state index in [0.29, 0.717) is 12.1 Å². The van der Waals surface area contributed by atoms with Gasteiger partial charge in [-0.25, -0.2) is 4.39 Å². The predicted molar refractivity (Wildman–Crippen MR) is 82.6 cm³/mol. The quantitative estimate of drug-likeness (QED) is 0.892. The van der Waals surface area contributed by atoms with Gasteiger partial charge in [0, 0.05) is 12.1 Å². The lowest BCUT2D eigenvalue weighted by Gasteiger charge is -2.23. The van der Waals surface area contributed by atoms with Gasteiger partial charge in [-0.05, 0) is 60.4 Å². The molecule has 0 radical (unpaired) electrons. The minimum absolute atomic E-state index is 0.151. The molecule has 1 nitrogen and oxygen atoms in total. The molecule has 21 heavy (non-hydrogen) atoms. The topological polar surface area (TPSA) is 12.0 Å². The number of nitrogens with one attached hydrogen (secondary N) is 1. The van der Waals surface area contributed by atoms with Crippen LogP contribution in [0.4, 0.5) is 4.39 Å². The van der Waals surface area contributed by atoms with Crippen LogP contribution in [0.5, 0.6) is 0 Å². The molecule has 1 atom stereocenters. The number of rotatable bonds is 4. The van der Waals surface area contributed by atoms with Gasteiger partial charge < -0.3 is 5.32 Å². The van der Waals surface area contributed by atoms with Crippen LogP contribution in [-0.4, -0.2) is 6.04 Å². The van der Waals surface area contributed by atoms with Crippen LogP contribution in [0.2, 0.25) is 0 Å². The maximum Gasteiger partial charge on any atom is 0.123 e. The highest BCUT2D eigenvalue weighted by molar-refractivity contribution is 5.34. The first-order chi connectivity index (χ1) is 10.3. The molecule has 0 spiro atoms. The summed E-state index contributed by atoms with van der Waals surface area (Å²) in [6.45, 7) is 0. The number of benzene rings is 2. The minimum Gasteiger partial charge on any atom is -0.306 e. The Hall–Kier alpha value is -1.67. The van der Waals surface area contributed by atoms with Crippen molar-refractivity contribution < 1.29 is 4.39 Å². The van der Waals surface area contributed by atoms with Crippen molar-refractivity contribution in [3.8, 4) is 0 Å². The van der Waals surface area contributed by atoms with E-state index in [2.05, 4.69) is 29.6 Å². The minimum atomic E-state index is -0.151. The van der Waals surface area contributed by atoms with Gasteiger partial charge in [0.25, 0.3) is 0 Å². The van der Waals surface area contributed by atoms with Gasteiger partial charge in [-0.2, -0.15) is 0 Å². The summed E-state index contributed by atoms with van der Waals surface area (Å²) in [7, 11) is 0. The molecule has 1 N–H and O–H groups in total. The van der Waals surface area contributed by atoms with E-state index in [0.717, 1.165) is 18.8 Å². The monoisotopic (exact) mass is 281 g/mol. The Balaban J connectivity index is 1.51.